The van der Waals surface area contributed by atoms with E-state index in [1.165, 1.54) is 0 Å². The first kappa shape index (κ1) is 14.8. The molecule has 1 amide bonds. The van der Waals surface area contributed by atoms with Crippen LogP contribution in [0.1, 0.15) is 28.2 Å². The summed E-state index contributed by atoms with van der Waals surface area (Å²) in [6, 6.07) is 11.2. The average molecular weight is 286 g/mol. The largest absolute Gasteiger partial charge is 0.462 e. The van der Waals surface area contributed by atoms with Crippen molar-refractivity contribution in [2.45, 2.75) is 20.3 Å². The second kappa shape index (κ2) is 6.26. The molecule has 0 aliphatic carbocycles. The highest BCUT2D eigenvalue weighted by Gasteiger charge is 2.09. The predicted octanol–water partition coefficient (Wildman–Crippen LogP) is 2.13. The van der Waals surface area contributed by atoms with Crippen molar-refractivity contribution in [2.24, 2.45) is 5.73 Å². The summed E-state index contributed by atoms with van der Waals surface area (Å²) in [5.74, 6) is -0.944. The number of nitrogens with zero attached hydrogens (tertiary/aromatic N) is 1. The molecule has 0 atom stereocenters. The number of hydrogen-bond donors (Lipinski definition) is 1. The van der Waals surface area contributed by atoms with Gasteiger partial charge in [0.25, 0.3) is 0 Å². The first-order chi connectivity index (χ1) is 9.99. The smallest absolute Gasteiger partial charge is 0.338 e. The molecular weight excluding hydrogens is 268 g/mol. The summed E-state index contributed by atoms with van der Waals surface area (Å²) in [6.45, 7) is 4.06. The molecule has 2 rings (SSSR count). The van der Waals surface area contributed by atoms with Crippen LogP contribution in [0, 0.1) is 13.8 Å². The van der Waals surface area contributed by atoms with E-state index in [2.05, 4.69) is 4.57 Å². The number of ether oxygens (including phenoxy) is 1. The molecule has 0 saturated carbocycles. The van der Waals surface area contributed by atoms with Crippen molar-refractivity contribution in [1.29, 1.82) is 0 Å². The van der Waals surface area contributed by atoms with E-state index >= 15 is 0 Å². The number of esters is 1. The fourth-order valence-electron chi connectivity index (χ4n) is 2.15. The van der Waals surface area contributed by atoms with Crippen LogP contribution in [0.25, 0.3) is 5.69 Å². The predicted molar refractivity (Wildman–Crippen MR) is 79.3 cm³/mol. The summed E-state index contributed by atoms with van der Waals surface area (Å²) in [4.78, 5) is 22.4. The van der Waals surface area contributed by atoms with E-state index in [0.29, 0.717) is 5.56 Å². The zero-order valence-electron chi connectivity index (χ0n) is 12.1. The average Bonchev–Trinajstić information content (AvgIpc) is 2.78. The Morgan fingerprint density at radius 3 is 2.14 bits per heavy atom. The normalized spacial score (nSPS) is 10.4. The van der Waals surface area contributed by atoms with Gasteiger partial charge in [-0.2, -0.15) is 0 Å². The van der Waals surface area contributed by atoms with Crippen LogP contribution >= 0.6 is 0 Å². The lowest BCUT2D eigenvalue weighted by Gasteiger charge is -2.10. The Labute approximate surface area is 123 Å². The van der Waals surface area contributed by atoms with E-state index in [4.69, 9.17) is 10.5 Å². The molecule has 2 N–H and O–H groups in total. The fourth-order valence-corrected chi connectivity index (χ4v) is 2.15. The molecule has 0 unspecified atom stereocenters. The summed E-state index contributed by atoms with van der Waals surface area (Å²) in [5.41, 5.74) is 8.68. The van der Waals surface area contributed by atoms with Crippen LogP contribution in [0.5, 0.6) is 0 Å². The summed E-state index contributed by atoms with van der Waals surface area (Å²) in [6.07, 6.45) is 0.0333. The Hall–Kier alpha value is -2.56. The number of amides is 1. The van der Waals surface area contributed by atoms with Gasteiger partial charge in [-0.25, -0.2) is 4.79 Å². The lowest BCUT2D eigenvalue weighted by atomic mass is 10.2. The Morgan fingerprint density at radius 1 is 1.05 bits per heavy atom. The van der Waals surface area contributed by atoms with Gasteiger partial charge >= 0.3 is 5.97 Å². The van der Waals surface area contributed by atoms with Gasteiger partial charge in [0.2, 0.25) is 5.91 Å². The number of aromatic nitrogens is 1. The van der Waals surface area contributed by atoms with Crippen LogP contribution in [0.15, 0.2) is 36.4 Å². The van der Waals surface area contributed by atoms with Gasteiger partial charge in [0.1, 0.15) is 6.61 Å². The summed E-state index contributed by atoms with van der Waals surface area (Å²) < 4.78 is 7.07. The molecule has 5 nitrogen and oxygen atoms in total. The highest BCUT2D eigenvalue weighted by atomic mass is 16.5. The minimum atomic E-state index is -0.489. The number of primary amides is 1. The van der Waals surface area contributed by atoms with E-state index in [1.54, 1.807) is 12.1 Å². The fraction of sp³-hybridized carbons (Fsp3) is 0.250. The number of nitrogens with two attached hydrogens (primary N) is 1. The molecule has 0 saturated heterocycles. The van der Waals surface area contributed by atoms with E-state index in [9.17, 15) is 9.59 Å². The number of carbonyl (C=O) groups is 2. The monoisotopic (exact) mass is 286 g/mol. The minimum Gasteiger partial charge on any atom is -0.462 e. The lowest BCUT2D eigenvalue weighted by molar-refractivity contribution is -0.118. The number of aryl methyl sites for hydroxylation is 2. The van der Waals surface area contributed by atoms with Gasteiger partial charge in [0.05, 0.1) is 12.0 Å². The first-order valence-electron chi connectivity index (χ1n) is 6.70. The maximum absolute atomic E-state index is 11.8. The van der Waals surface area contributed by atoms with Gasteiger partial charge in [-0.05, 0) is 50.2 Å². The molecule has 110 valence electrons. The maximum atomic E-state index is 11.8. The van der Waals surface area contributed by atoms with E-state index in [-0.39, 0.29) is 13.0 Å². The van der Waals surface area contributed by atoms with E-state index in [0.717, 1.165) is 17.1 Å². The van der Waals surface area contributed by atoms with Crippen molar-refractivity contribution in [3.63, 3.8) is 0 Å². The van der Waals surface area contributed by atoms with Crippen LogP contribution in [0.3, 0.4) is 0 Å². The third-order valence-electron chi connectivity index (χ3n) is 3.21. The minimum absolute atomic E-state index is 0.00569. The molecule has 0 aliphatic heterocycles. The Morgan fingerprint density at radius 2 is 1.62 bits per heavy atom. The zero-order valence-corrected chi connectivity index (χ0v) is 12.1. The third-order valence-corrected chi connectivity index (χ3v) is 3.21. The summed E-state index contributed by atoms with van der Waals surface area (Å²) in [7, 11) is 0. The van der Waals surface area contributed by atoms with Crippen molar-refractivity contribution < 1.29 is 14.3 Å². The Kier molecular flexibility index (Phi) is 4.42. The molecular formula is C16H18N2O3. The van der Waals surface area contributed by atoms with Crippen LogP contribution < -0.4 is 5.73 Å². The topological polar surface area (TPSA) is 74.3 Å². The molecule has 5 heteroatoms. The standard InChI is InChI=1S/C16H18N2O3/c1-11-3-4-12(2)18(11)14-7-5-13(6-8-14)16(20)21-10-9-15(17)19/h3-8H,9-10H2,1-2H3,(H2,17,19). The second-order valence-electron chi connectivity index (χ2n) is 4.85. The van der Waals surface area contributed by atoms with Gasteiger partial charge in [0.15, 0.2) is 0 Å². The maximum Gasteiger partial charge on any atom is 0.338 e. The zero-order chi connectivity index (χ0) is 15.4. The highest BCUT2D eigenvalue weighted by molar-refractivity contribution is 5.89. The summed E-state index contributed by atoms with van der Waals surface area (Å²) in [5, 5.41) is 0. The van der Waals surface area contributed by atoms with Crippen molar-refractivity contribution in [3.05, 3.63) is 53.3 Å². The van der Waals surface area contributed by atoms with Gasteiger partial charge in [0, 0.05) is 17.1 Å². The van der Waals surface area contributed by atoms with Gasteiger partial charge in [-0.1, -0.05) is 0 Å². The van der Waals surface area contributed by atoms with Gasteiger partial charge < -0.3 is 15.0 Å². The molecule has 0 bridgehead atoms. The molecule has 0 radical (unpaired) electrons. The summed E-state index contributed by atoms with van der Waals surface area (Å²) >= 11 is 0. The first-order valence-corrected chi connectivity index (χ1v) is 6.70. The number of hydrogen-bond acceptors (Lipinski definition) is 3. The number of rotatable bonds is 5. The lowest BCUT2D eigenvalue weighted by Crippen LogP contribution is -2.15. The molecule has 0 fully saturated rings. The SMILES string of the molecule is Cc1ccc(C)n1-c1ccc(C(=O)OCCC(N)=O)cc1. The third kappa shape index (κ3) is 3.51. The van der Waals surface area contributed by atoms with Crippen LogP contribution in [-0.2, 0) is 9.53 Å². The molecule has 1 heterocycles. The molecule has 0 spiro atoms. The molecule has 0 aliphatic rings. The molecule has 1 aromatic carbocycles. The van der Waals surface area contributed by atoms with Crippen molar-refractivity contribution in [1.82, 2.24) is 4.57 Å². The Balaban J connectivity index is 2.09. The number of benzene rings is 1. The van der Waals surface area contributed by atoms with Crippen molar-refractivity contribution in [3.8, 4) is 5.69 Å². The van der Waals surface area contributed by atoms with Crippen LogP contribution in [0.4, 0.5) is 0 Å². The van der Waals surface area contributed by atoms with Crippen molar-refractivity contribution in [2.75, 3.05) is 6.61 Å². The van der Waals surface area contributed by atoms with Crippen molar-refractivity contribution >= 4 is 11.9 Å². The molecule has 2 aromatic rings. The van der Waals surface area contributed by atoms with Crippen LogP contribution in [-0.4, -0.2) is 23.1 Å². The molecule has 1 aromatic heterocycles. The van der Waals surface area contributed by atoms with Crippen LogP contribution in [0.2, 0.25) is 0 Å². The van der Waals surface area contributed by atoms with E-state index < -0.39 is 11.9 Å². The second-order valence-corrected chi connectivity index (χ2v) is 4.85. The van der Waals surface area contributed by atoms with E-state index in [1.807, 2.05) is 38.1 Å². The van der Waals surface area contributed by atoms with Gasteiger partial charge in [-0.15, -0.1) is 0 Å². The quantitative estimate of drug-likeness (QED) is 0.856. The highest BCUT2D eigenvalue weighted by Crippen LogP contribution is 2.17. The van der Waals surface area contributed by atoms with Gasteiger partial charge in [-0.3, -0.25) is 4.79 Å². The molecule has 21 heavy (non-hydrogen) atoms. The number of carbonyl (C=O) groups excluding carboxylic acids is 2. The Bertz CT molecular complexity index is 637.